The number of hydroxylamine groups is 2. The number of fused-ring (bicyclic) bond motifs is 1. The van der Waals surface area contributed by atoms with E-state index in [0.717, 1.165) is 11.3 Å². The number of ether oxygens (including phenoxy) is 1. The highest BCUT2D eigenvalue weighted by Crippen LogP contribution is 2.22. The number of hydrogen-bond donors (Lipinski definition) is 0. The minimum absolute atomic E-state index is 0.158. The number of carbonyl (C=O) groups is 1. The lowest BCUT2D eigenvalue weighted by Crippen LogP contribution is -2.24. The van der Waals surface area contributed by atoms with Gasteiger partial charge in [-0.3, -0.25) is 9.63 Å². The molecule has 1 aliphatic rings. The molecule has 0 bridgehead atoms. The molecule has 4 heteroatoms. The summed E-state index contributed by atoms with van der Waals surface area (Å²) in [5.74, 6) is 0.597. The van der Waals surface area contributed by atoms with E-state index in [1.807, 2.05) is 12.1 Å². The lowest BCUT2D eigenvalue weighted by molar-refractivity contribution is -0.0583. The van der Waals surface area contributed by atoms with Crippen LogP contribution < -0.4 is 4.74 Å². The van der Waals surface area contributed by atoms with E-state index < -0.39 is 0 Å². The number of rotatable bonds is 2. The van der Waals surface area contributed by atoms with Crippen molar-refractivity contribution in [3.63, 3.8) is 0 Å². The molecular weight excluding hydrogens is 206 g/mol. The van der Waals surface area contributed by atoms with Crippen LogP contribution in [0, 0.1) is 0 Å². The van der Waals surface area contributed by atoms with Crippen LogP contribution in [0.5, 0.6) is 5.75 Å². The topological polar surface area (TPSA) is 38.8 Å². The van der Waals surface area contributed by atoms with Crippen LogP contribution in [0.25, 0.3) is 0 Å². The van der Waals surface area contributed by atoms with Gasteiger partial charge in [0.1, 0.15) is 5.75 Å². The molecule has 0 spiro atoms. The van der Waals surface area contributed by atoms with Gasteiger partial charge in [0.25, 0.3) is 5.91 Å². The van der Waals surface area contributed by atoms with E-state index in [0.29, 0.717) is 12.0 Å². The molecule has 0 aliphatic carbocycles. The SMILES string of the molecule is COc1ccc2c(c1)CC=CN(OC)C2=O. The second kappa shape index (κ2) is 4.37. The zero-order valence-corrected chi connectivity index (χ0v) is 9.27. The Kier molecular flexibility index (Phi) is 2.92. The molecule has 1 heterocycles. The van der Waals surface area contributed by atoms with Crippen molar-refractivity contribution in [2.75, 3.05) is 14.2 Å². The third-order valence-corrected chi connectivity index (χ3v) is 2.52. The van der Waals surface area contributed by atoms with Gasteiger partial charge >= 0.3 is 0 Å². The van der Waals surface area contributed by atoms with Crippen LogP contribution in [0.2, 0.25) is 0 Å². The number of hydrogen-bond acceptors (Lipinski definition) is 3. The van der Waals surface area contributed by atoms with E-state index in [1.165, 1.54) is 12.2 Å². The molecule has 0 atom stereocenters. The first-order valence-corrected chi connectivity index (χ1v) is 4.97. The molecule has 0 saturated carbocycles. The first-order chi connectivity index (χ1) is 7.76. The number of allylic oxidation sites excluding steroid dienone is 1. The first kappa shape index (κ1) is 10.7. The highest BCUT2D eigenvalue weighted by atomic mass is 16.7. The molecule has 16 heavy (non-hydrogen) atoms. The van der Waals surface area contributed by atoms with Crippen LogP contribution in [0.1, 0.15) is 15.9 Å². The number of nitrogens with zero attached hydrogens (tertiary/aromatic N) is 1. The average Bonchev–Trinajstić information content (AvgIpc) is 2.48. The van der Waals surface area contributed by atoms with Crippen LogP contribution >= 0.6 is 0 Å². The molecule has 2 rings (SSSR count). The summed E-state index contributed by atoms with van der Waals surface area (Å²) in [5.41, 5.74) is 1.59. The minimum atomic E-state index is -0.158. The van der Waals surface area contributed by atoms with Gasteiger partial charge in [-0.15, -0.1) is 0 Å². The summed E-state index contributed by atoms with van der Waals surface area (Å²) in [6.45, 7) is 0. The summed E-state index contributed by atoms with van der Waals surface area (Å²) in [4.78, 5) is 16.9. The van der Waals surface area contributed by atoms with Crippen molar-refractivity contribution in [2.45, 2.75) is 6.42 Å². The van der Waals surface area contributed by atoms with Crippen LogP contribution in [0.3, 0.4) is 0 Å². The van der Waals surface area contributed by atoms with Gasteiger partial charge < -0.3 is 4.74 Å². The Morgan fingerprint density at radius 3 is 2.81 bits per heavy atom. The van der Waals surface area contributed by atoms with Crippen molar-refractivity contribution in [1.82, 2.24) is 5.06 Å². The Labute approximate surface area is 94.0 Å². The van der Waals surface area contributed by atoms with Gasteiger partial charge in [-0.05, 0) is 30.2 Å². The Balaban J connectivity index is 2.44. The van der Waals surface area contributed by atoms with E-state index in [1.54, 1.807) is 25.4 Å². The zero-order chi connectivity index (χ0) is 11.5. The van der Waals surface area contributed by atoms with Crippen molar-refractivity contribution in [3.05, 3.63) is 41.6 Å². The second-order valence-electron chi connectivity index (χ2n) is 3.43. The molecule has 4 nitrogen and oxygen atoms in total. The molecule has 1 aromatic carbocycles. The number of benzene rings is 1. The van der Waals surface area contributed by atoms with Gasteiger partial charge in [0.05, 0.1) is 14.2 Å². The second-order valence-corrected chi connectivity index (χ2v) is 3.43. The Hall–Kier alpha value is -1.81. The zero-order valence-electron chi connectivity index (χ0n) is 9.27. The predicted octanol–water partition coefficient (Wildman–Crippen LogP) is 1.77. The fourth-order valence-electron chi connectivity index (χ4n) is 1.68. The Morgan fingerprint density at radius 2 is 2.12 bits per heavy atom. The van der Waals surface area contributed by atoms with E-state index in [2.05, 4.69) is 0 Å². The maximum atomic E-state index is 12.0. The first-order valence-electron chi connectivity index (χ1n) is 4.97. The molecule has 0 aromatic heterocycles. The van der Waals surface area contributed by atoms with Crippen LogP contribution in [0.4, 0.5) is 0 Å². The normalized spacial score (nSPS) is 14.6. The quantitative estimate of drug-likeness (QED) is 0.760. The molecule has 1 aromatic rings. The predicted molar refractivity (Wildman–Crippen MR) is 59.0 cm³/mol. The molecule has 0 unspecified atom stereocenters. The van der Waals surface area contributed by atoms with Gasteiger partial charge in [0.15, 0.2) is 0 Å². The maximum absolute atomic E-state index is 12.0. The fraction of sp³-hybridized carbons (Fsp3) is 0.250. The smallest absolute Gasteiger partial charge is 0.281 e. The van der Waals surface area contributed by atoms with Gasteiger partial charge in [-0.1, -0.05) is 6.08 Å². The van der Waals surface area contributed by atoms with Crippen LogP contribution in [-0.4, -0.2) is 25.2 Å². The molecule has 1 amide bonds. The molecule has 1 aliphatic heterocycles. The lowest BCUT2D eigenvalue weighted by Gasteiger charge is -2.14. The van der Waals surface area contributed by atoms with E-state index in [9.17, 15) is 4.79 Å². The van der Waals surface area contributed by atoms with E-state index in [-0.39, 0.29) is 5.91 Å². The third kappa shape index (κ3) is 1.79. The number of methoxy groups -OCH3 is 1. The maximum Gasteiger partial charge on any atom is 0.281 e. The van der Waals surface area contributed by atoms with Crippen molar-refractivity contribution < 1.29 is 14.4 Å². The molecule has 0 saturated heterocycles. The average molecular weight is 219 g/mol. The molecule has 84 valence electrons. The number of carbonyl (C=O) groups excluding carboxylic acids is 1. The number of amides is 1. The largest absolute Gasteiger partial charge is 0.497 e. The van der Waals surface area contributed by atoms with Crippen molar-refractivity contribution in [3.8, 4) is 5.75 Å². The van der Waals surface area contributed by atoms with Gasteiger partial charge in [-0.25, -0.2) is 0 Å². The highest BCUT2D eigenvalue weighted by Gasteiger charge is 2.19. The molecule has 0 radical (unpaired) electrons. The Bertz CT molecular complexity index is 440. The van der Waals surface area contributed by atoms with Crippen molar-refractivity contribution in [1.29, 1.82) is 0 Å². The van der Waals surface area contributed by atoms with Crippen molar-refractivity contribution in [2.24, 2.45) is 0 Å². The van der Waals surface area contributed by atoms with Gasteiger partial charge in [-0.2, -0.15) is 5.06 Å². The van der Waals surface area contributed by atoms with Crippen molar-refractivity contribution >= 4 is 5.91 Å². The standard InChI is InChI=1S/C12H13NO3/c1-15-10-5-6-11-9(8-10)4-3-7-13(16-2)12(11)14/h3,5-8H,4H2,1-2H3. The summed E-state index contributed by atoms with van der Waals surface area (Å²) in [7, 11) is 3.08. The summed E-state index contributed by atoms with van der Waals surface area (Å²) < 4.78 is 5.13. The summed E-state index contributed by atoms with van der Waals surface area (Å²) >= 11 is 0. The highest BCUT2D eigenvalue weighted by molar-refractivity contribution is 5.96. The molecule has 0 N–H and O–H groups in total. The fourth-order valence-corrected chi connectivity index (χ4v) is 1.68. The summed E-state index contributed by atoms with van der Waals surface area (Å²) in [5, 5.41) is 1.22. The van der Waals surface area contributed by atoms with Gasteiger partial charge in [0.2, 0.25) is 0 Å². The van der Waals surface area contributed by atoms with Crippen LogP contribution in [0.15, 0.2) is 30.5 Å². The lowest BCUT2D eigenvalue weighted by atomic mass is 10.0. The molecular formula is C12H13NO3. The molecule has 0 fully saturated rings. The minimum Gasteiger partial charge on any atom is -0.497 e. The summed E-state index contributed by atoms with van der Waals surface area (Å²) in [6, 6.07) is 5.40. The summed E-state index contributed by atoms with van der Waals surface area (Å²) in [6.07, 6.45) is 4.21. The van der Waals surface area contributed by atoms with Crippen LogP contribution in [-0.2, 0) is 11.3 Å². The van der Waals surface area contributed by atoms with E-state index in [4.69, 9.17) is 9.57 Å². The monoisotopic (exact) mass is 219 g/mol. The Morgan fingerprint density at radius 1 is 1.31 bits per heavy atom. The third-order valence-electron chi connectivity index (χ3n) is 2.52. The van der Waals surface area contributed by atoms with Gasteiger partial charge in [0, 0.05) is 11.8 Å². The van der Waals surface area contributed by atoms with E-state index >= 15 is 0 Å².